The predicted octanol–water partition coefficient (Wildman–Crippen LogP) is 3.02. The van der Waals surface area contributed by atoms with Crippen molar-refractivity contribution in [3.05, 3.63) is 24.3 Å². The maximum absolute atomic E-state index is 13.6. The number of hydrogen-bond donors (Lipinski definition) is 0. The Kier molecular flexibility index (Phi) is 3.01. The summed E-state index contributed by atoms with van der Waals surface area (Å²) in [6.07, 6.45) is 6.96. The highest BCUT2D eigenvalue weighted by Gasteiger charge is 2.56. The van der Waals surface area contributed by atoms with E-state index in [2.05, 4.69) is 0 Å². The van der Waals surface area contributed by atoms with Crippen molar-refractivity contribution in [1.82, 2.24) is 0 Å². The lowest BCUT2D eigenvalue weighted by molar-refractivity contribution is -0.143. The molecule has 4 bridgehead atoms. The second-order valence-corrected chi connectivity index (χ2v) is 10.5. The third kappa shape index (κ3) is 2.03. The Morgan fingerprint density at radius 2 is 1.58 bits per heavy atom. The van der Waals surface area contributed by atoms with Gasteiger partial charge in [0.15, 0.2) is 9.84 Å². The van der Waals surface area contributed by atoms with Gasteiger partial charge in [-0.05, 0) is 68.4 Å². The molecule has 6 rings (SSSR count). The number of nitrogens with zero attached hydrogens (tertiary/aromatic N) is 1. The summed E-state index contributed by atoms with van der Waals surface area (Å²) in [6.45, 7) is 0.305. The molecule has 1 aromatic carbocycles. The summed E-state index contributed by atoms with van der Waals surface area (Å²) in [6, 6.07) is 7.02. The average molecular weight is 345 g/mol. The number of amides is 1. The van der Waals surface area contributed by atoms with Gasteiger partial charge >= 0.3 is 0 Å². The number of anilines is 1. The molecule has 1 amide bonds. The highest BCUT2D eigenvalue weighted by Crippen LogP contribution is 2.60. The summed E-state index contributed by atoms with van der Waals surface area (Å²) in [5.74, 6) is 2.38. The Balaban J connectivity index is 1.54. The second kappa shape index (κ2) is 4.84. The number of hydrogen-bond acceptors (Lipinski definition) is 3. The Labute approximate surface area is 143 Å². The van der Waals surface area contributed by atoms with Gasteiger partial charge in [0.1, 0.15) is 0 Å². The molecule has 1 aromatic rings. The fourth-order valence-corrected chi connectivity index (χ4v) is 7.68. The van der Waals surface area contributed by atoms with Gasteiger partial charge in [0.2, 0.25) is 5.91 Å². The van der Waals surface area contributed by atoms with Gasteiger partial charge in [0, 0.05) is 6.54 Å². The molecule has 5 aliphatic rings. The van der Waals surface area contributed by atoms with Gasteiger partial charge in [-0.3, -0.25) is 4.79 Å². The van der Waals surface area contributed by atoms with Gasteiger partial charge in [0.05, 0.1) is 21.8 Å². The quantitative estimate of drug-likeness (QED) is 0.786. The first-order chi connectivity index (χ1) is 11.5. The van der Waals surface area contributed by atoms with Gasteiger partial charge in [0.25, 0.3) is 0 Å². The van der Waals surface area contributed by atoms with E-state index in [4.69, 9.17) is 0 Å². The zero-order valence-corrected chi connectivity index (χ0v) is 14.6. The Hall–Kier alpha value is -1.36. The van der Waals surface area contributed by atoms with E-state index in [0.29, 0.717) is 34.9 Å². The Morgan fingerprint density at radius 1 is 1.00 bits per heavy atom. The van der Waals surface area contributed by atoms with Crippen molar-refractivity contribution in [1.29, 1.82) is 0 Å². The number of fused-ring (bicyclic) bond motifs is 1. The molecule has 0 radical (unpaired) electrons. The summed E-state index contributed by atoms with van der Waals surface area (Å²) in [5, 5.41) is 0. The molecular formula is C19H23NO3S. The van der Waals surface area contributed by atoms with Crippen LogP contribution in [0.25, 0.3) is 0 Å². The highest BCUT2D eigenvalue weighted by molar-refractivity contribution is 7.91. The van der Waals surface area contributed by atoms with Crippen LogP contribution in [0, 0.1) is 23.2 Å². The van der Waals surface area contributed by atoms with Crippen molar-refractivity contribution < 1.29 is 13.2 Å². The van der Waals surface area contributed by atoms with Crippen LogP contribution in [0.4, 0.5) is 5.69 Å². The van der Waals surface area contributed by atoms with Crippen LogP contribution < -0.4 is 4.90 Å². The van der Waals surface area contributed by atoms with Crippen molar-refractivity contribution in [2.75, 3.05) is 17.2 Å². The minimum atomic E-state index is -3.26. The topological polar surface area (TPSA) is 54.5 Å². The minimum Gasteiger partial charge on any atom is -0.310 e. The predicted molar refractivity (Wildman–Crippen MR) is 91.5 cm³/mol. The van der Waals surface area contributed by atoms with E-state index in [0.717, 1.165) is 19.3 Å². The fourth-order valence-electron chi connectivity index (χ4n) is 6.25. The lowest BCUT2D eigenvalue weighted by Gasteiger charge is -2.56. The first-order valence-electron chi connectivity index (χ1n) is 9.11. The molecule has 4 saturated carbocycles. The third-order valence-corrected chi connectivity index (χ3v) is 8.55. The van der Waals surface area contributed by atoms with E-state index >= 15 is 0 Å². The zero-order valence-electron chi connectivity index (χ0n) is 13.8. The van der Waals surface area contributed by atoms with E-state index in [1.165, 1.54) is 19.3 Å². The average Bonchev–Trinajstić information content (AvgIpc) is 2.53. The van der Waals surface area contributed by atoms with Gasteiger partial charge in [-0.15, -0.1) is 0 Å². The minimum absolute atomic E-state index is 0.0438. The van der Waals surface area contributed by atoms with Gasteiger partial charge in [-0.1, -0.05) is 12.1 Å². The SMILES string of the molecule is O=C(N1CCS(=O)(=O)c2ccccc21)C12CC3CC(CC(C3)C1)C2. The molecule has 0 spiro atoms. The normalized spacial score (nSPS) is 38.8. The lowest BCUT2D eigenvalue weighted by atomic mass is 9.49. The molecule has 0 aromatic heterocycles. The van der Waals surface area contributed by atoms with Crippen LogP contribution >= 0.6 is 0 Å². The molecule has 1 heterocycles. The van der Waals surface area contributed by atoms with Gasteiger partial charge in [-0.2, -0.15) is 0 Å². The van der Waals surface area contributed by atoms with Crippen molar-refractivity contribution in [3.8, 4) is 0 Å². The Morgan fingerprint density at radius 3 is 2.21 bits per heavy atom. The van der Waals surface area contributed by atoms with Crippen molar-refractivity contribution in [3.63, 3.8) is 0 Å². The molecule has 4 nitrogen and oxygen atoms in total. The second-order valence-electron chi connectivity index (χ2n) is 8.44. The maximum Gasteiger partial charge on any atom is 0.233 e. The summed E-state index contributed by atoms with van der Waals surface area (Å²) in [4.78, 5) is 15.7. The monoisotopic (exact) mass is 345 g/mol. The van der Waals surface area contributed by atoms with Gasteiger partial charge < -0.3 is 4.90 Å². The summed E-state index contributed by atoms with van der Waals surface area (Å²) < 4.78 is 24.7. The lowest BCUT2D eigenvalue weighted by Crippen LogP contribution is -2.56. The van der Waals surface area contributed by atoms with Crippen molar-refractivity contribution >= 4 is 21.4 Å². The number of rotatable bonds is 1. The Bertz CT molecular complexity index is 778. The first-order valence-corrected chi connectivity index (χ1v) is 10.8. The van der Waals surface area contributed by atoms with Crippen molar-refractivity contribution in [2.24, 2.45) is 23.2 Å². The molecule has 4 fully saturated rings. The van der Waals surface area contributed by atoms with E-state index in [9.17, 15) is 13.2 Å². The summed E-state index contributed by atoms with van der Waals surface area (Å²) in [7, 11) is -3.26. The number of carbonyl (C=O) groups is 1. The van der Waals surface area contributed by atoms with E-state index < -0.39 is 9.84 Å². The van der Waals surface area contributed by atoms with E-state index in [-0.39, 0.29) is 17.1 Å². The molecule has 0 N–H and O–H groups in total. The number of benzene rings is 1. The molecule has 0 atom stereocenters. The molecule has 0 unspecified atom stereocenters. The van der Waals surface area contributed by atoms with Crippen LogP contribution in [0.3, 0.4) is 0 Å². The van der Waals surface area contributed by atoms with E-state index in [1.54, 1.807) is 23.1 Å². The maximum atomic E-state index is 13.6. The molecule has 24 heavy (non-hydrogen) atoms. The summed E-state index contributed by atoms with van der Waals surface area (Å²) >= 11 is 0. The zero-order chi connectivity index (χ0) is 16.5. The smallest absolute Gasteiger partial charge is 0.233 e. The third-order valence-electron chi connectivity index (χ3n) is 6.81. The van der Waals surface area contributed by atoms with Crippen LogP contribution in [0.1, 0.15) is 38.5 Å². The largest absolute Gasteiger partial charge is 0.310 e. The van der Waals surface area contributed by atoms with Crippen LogP contribution in [0.15, 0.2) is 29.2 Å². The van der Waals surface area contributed by atoms with E-state index in [1.807, 2.05) is 6.07 Å². The van der Waals surface area contributed by atoms with Crippen LogP contribution in [-0.2, 0) is 14.6 Å². The molecule has 128 valence electrons. The fraction of sp³-hybridized carbons (Fsp3) is 0.632. The van der Waals surface area contributed by atoms with Crippen LogP contribution in [0.2, 0.25) is 0 Å². The van der Waals surface area contributed by atoms with Crippen molar-refractivity contribution in [2.45, 2.75) is 43.4 Å². The standard InChI is InChI=1S/C19H23NO3S/c21-18(19-10-13-7-14(11-19)9-15(8-13)12-19)20-5-6-24(22,23)17-4-2-1-3-16(17)20/h1-4,13-15H,5-12H2. The molecule has 0 saturated heterocycles. The molecule has 4 aliphatic carbocycles. The van der Waals surface area contributed by atoms with Crippen LogP contribution in [-0.4, -0.2) is 26.6 Å². The summed E-state index contributed by atoms with van der Waals surface area (Å²) in [5.41, 5.74) is 0.382. The molecule has 1 aliphatic heterocycles. The number of carbonyl (C=O) groups excluding carboxylic acids is 1. The number of sulfone groups is 1. The van der Waals surface area contributed by atoms with Crippen LogP contribution in [0.5, 0.6) is 0 Å². The van der Waals surface area contributed by atoms with Gasteiger partial charge in [-0.25, -0.2) is 8.42 Å². The highest BCUT2D eigenvalue weighted by atomic mass is 32.2. The molecule has 5 heteroatoms. The number of para-hydroxylation sites is 1. The first kappa shape index (κ1) is 14.9. The molecular weight excluding hydrogens is 322 g/mol.